The summed E-state index contributed by atoms with van der Waals surface area (Å²) in [6, 6.07) is 10.1. The van der Waals surface area contributed by atoms with Crippen LogP contribution in [0.3, 0.4) is 0 Å². The van der Waals surface area contributed by atoms with E-state index in [1.807, 2.05) is 30.3 Å². The van der Waals surface area contributed by atoms with Crippen LogP contribution in [-0.4, -0.2) is 17.6 Å². The first-order valence-electron chi connectivity index (χ1n) is 7.70. The van der Waals surface area contributed by atoms with Gasteiger partial charge in [-0.2, -0.15) is 0 Å². The summed E-state index contributed by atoms with van der Waals surface area (Å²) in [5.41, 5.74) is -1.04. The number of rotatable bonds is 4. The van der Waals surface area contributed by atoms with Crippen molar-refractivity contribution >= 4 is 27.3 Å². The van der Waals surface area contributed by atoms with Crippen molar-refractivity contribution in [2.45, 2.75) is 31.8 Å². The Bertz CT molecular complexity index is 669. The molecular weight excluding hydrogens is 294 g/mol. The molecule has 3 rings (SSSR count). The Morgan fingerprint density at radius 2 is 2.23 bits per heavy atom. The minimum absolute atomic E-state index is 0.0446. The van der Waals surface area contributed by atoms with Crippen molar-refractivity contribution in [2.24, 2.45) is 5.92 Å². The predicted molar refractivity (Wildman–Crippen MR) is 90.9 cm³/mol. The molecule has 2 aromatic rings. The molecule has 1 aliphatic rings. The van der Waals surface area contributed by atoms with Crippen molar-refractivity contribution < 1.29 is 9.90 Å². The monoisotopic (exact) mass is 315 g/mol. The van der Waals surface area contributed by atoms with E-state index in [1.54, 1.807) is 18.3 Å². The molecule has 2 N–H and O–H groups in total. The molecule has 22 heavy (non-hydrogen) atoms. The predicted octanol–water partition coefficient (Wildman–Crippen LogP) is 3.58. The first-order chi connectivity index (χ1) is 10.6. The number of amides is 1. The highest BCUT2D eigenvalue weighted by Crippen LogP contribution is 2.33. The summed E-state index contributed by atoms with van der Waals surface area (Å²) in [5, 5.41) is 14.8. The SMILES string of the molecule is CC(O)(CNC(=O)C1CC=CCC1)c1cc2ccccc2s1. The third-order valence-electron chi connectivity index (χ3n) is 4.20. The topological polar surface area (TPSA) is 49.3 Å². The van der Waals surface area contributed by atoms with Gasteiger partial charge in [0.2, 0.25) is 5.91 Å². The van der Waals surface area contributed by atoms with Crippen LogP contribution in [0.25, 0.3) is 10.1 Å². The molecule has 2 unspecified atom stereocenters. The molecule has 1 heterocycles. The zero-order chi connectivity index (χ0) is 15.6. The average Bonchev–Trinajstić information content (AvgIpc) is 2.98. The van der Waals surface area contributed by atoms with Crippen molar-refractivity contribution in [1.29, 1.82) is 0 Å². The van der Waals surface area contributed by atoms with Crippen molar-refractivity contribution in [3.8, 4) is 0 Å². The summed E-state index contributed by atoms with van der Waals surface area (Å²) in [6.45, 7) is 2.01. The number of benzene rings is 1. The van der Waals surface area contributed by atoms with Gasteiger partial charge in [0.25, 0.3) is 0 Å². The van der Waals surface area contributed by atoms with Crippen LogP contribution in [0.4, 0.5) is 0 Å². The molecule has 0 aliphatic heterocycles. The minimum Gasteiger partial charge on any atom is -0.383 e. The Hall–Kier alpha value is -1.65. The second-order valence-corrected chi connectivity index (χ2v) is 7.21. The number of thiophene rings is 1. The zero-order valence-electron chi connectivity index (χ0n) is 12.7. The average molecular weight is 315 g/mol. The summed E-state index contributed by atoms with van der Waals surface area (Å²) in [7, 11) is 0. The Labute approximate surface area is 134 Å². The highest BCUT2D eigenvalue weighted by atomic mass is 32.1. The molecule has 1 amide bonds. The van der Waals surface area contributed by atoms with Gasteiger partial charge in [0.15, 0.2) is 0 Å². The van der Waals surface area contributed by atoms with Crippen molar-refractivity contribution in [3.05, 3.63) is 47.4 Å². The number of fused-ring (bicyclic) bond motifs is 1. The second-order valence-electron chi connectivity index (χ2n) is 6.12. The van der Waals surface area contributed by atoms with Gasteiger partial charge in [0.1, 0.15) is 5.60 Å². The maximum absolute atomic E-state index is 12.2. The van der Waals surface area contributed by atoms with Gasteiger partial charge in [-0.15, -0.1) is 11.3 Å². The molecule has 2 atom stereocenters. The van der Waals surface area contributed by atoms with Crippen LogP contribution in [0.5, 0.6) is 0 Å². The standard InChI is InChI=1S/C18H21NO2S/c1-18(21,12-19-17(20)13-7-3-2-4-8-13)16-11-14-9-5-6-10-15(14)22-16/h2-3,5-6,9-11,13,21H,4,7-8,12H2,1H3,(H,19,20). The fourth-order valence-corrected chi connectivity index (χ4v) is 3.88. The van der Waals surface area contributed by atoms with Gasteiger partial charge in [-0.3, -0.25) is 4.79 Å². The number of hydrogen-bond acceptors (Lipinski definition) is 3. The third kappa shape index (κ3) is 3.23. The Morgan fingerprint density at radius 3 is 2.95 bits per heavy atom. The minimum atomic E-state index is -1.04. The molecule has 4 heteroatoms. The number of aliphatic hydroxyl groups is 1. The maximum atomic E-state index is 12.2. The molecular formula is C18H21NO2S. The molecule has 3 nitrogen and oxygen atoms in total. The second kappa shape index (κ2) is 6.23. The van der Waals surface area contributed by atoms with E-state index in [2.05, 4.69) is 17.5 Å². The Kier molecular flexibility index (Phi) is 4.32. The molecule has 1 aliphatic carbocycles. The number of nitrogens with one attached hydrogen (secondary N) is 1. The van der Waals surface area contributed by atoms with Crippen LogP contribution in [-0.2, 0) is 10.4 Å². The molecule has 0 spiro atoms. The van der Waals surface area contributed by atoms with E-state index >= 15 is 0 Å². The lowest BCUT2D eigenvalue weighted by Gasteiger charge is -2.24. The lowest BCUT2D eigenvalue weighted by Crippen LogP contribution is -2.41. The van der Waals surface area contributed by atoms with Crippen LogP contribution >= 0.6 is 11.3 Å². The normalized spacial score (nSPS) is 20.7. The first kappa shape index (κ1) is 15.3. The molecule has 0 fully saturated rings. The molecule has 1 aromatic carbocycles. The van der Waals surface area contributed by atoms with Gasteiger partial charge in [-0.25, -0.2) is 0 Å². The molecule has 0 saturated carbocycles. The summed E-state index contributed by atoms with van der Waals surface area (Å²) >= 11 is 1.58. The first-order valence-corrected chi connectivity index (χ1v) is 8.52. The fraction of sp³-hybridized carbons (Fsp3) is 0.389. The number of carbonyl (C=O) groups excluding carboxylic acids is 1. The van der Waals surface area contributed by atoms with E-state index in [4.69, 9.17) is 0 Å². The van der Waals surface area contributed by atoms with E-state index < -0.39 is 5.60 Å². The Balaban J connectivity index is 1.67. The molecule has 116 valence electrons. The van der Waals surface area contributed by atoms with E-state index in [0.29, 0.717) is 0 Å². The third-order valence-corrected chi connectivity index (χ3v) is 5.57. The summed E-state index contributed by atoms with van der Waals surface area (Å²) in [4.78, 5) is 13.1. The van der Waals surface area contributed by atoms with Gasteiger partial charge in [-0.1, -0.05) is 30.4 Å². The van der Waals surface area contributed by atoms with Gasteiger partial charge >= 0.3 is 0 Å². The van der Waals surface area contributed by atoms with Crippen molar-refractivity contribution in [3.63, 3.8) is 0 Å². The molecule has 0 saturated heterocycles. The largest absolute Gasteiger partial charge is 0.383 e. The quantitative estimate of drug-likeness (QED) is 0.847. The lowest BCUT2D eigenvalue weighted by molar-refractivity contribution is -0.126. The summed E-state index contributed by atoms with van der Waals surface area (Å²) in [5.74, 6) is 0.0916. The summed E-state index contributed by atoms with van der Waals surface area (Å²) in [6.07, 6.45) is 6.85. The van der Waals surface area contributed by atoms with Crippen LogP contribution in [0, 0.1) is 5.92 Å². The smallest absolute Gasteiger partial charge is 0.223 e. The van der Waals surface area contributed by atoms with Crippen LogP contribution in [0.1, 0.15) is 31.1 Å². The summed E-state index contributed by atoms with van der Waals surface area (Å²) < 4.78 is 1.15. The molecule has 0 radical (unpaired) electrons. The number of allylic oxidation sites excluding steroid dienone is 2. The van der Waals surface area contributed by atoms with E-state index in [0.717, 1.165) is 34.2 Å². The van der Waals surface area contributed by atoms with Gasteiger partial charge < -0.3 is 10.4 Å². The van der Waals surface area contributed by atoms with E-state index in [9.17, 15) is 9.90 Å². The van der Waals surface area contributed by atoms with Crippen molar-refractivity contribution in [1.82, 2.24) is 5.32 Å². The van der Waals surface area contributed by atoms with Crippen LogP contribution < -0.4 is 5.32 Å². The lowest BCUT2D eigenvalue weighted by atomic mass is 9.93. The van der Waals surface area contributed by atoms with Gasteiger partial charge in [-0.05, 0) is 43.7 Å². The highest BCUT2D eigenvalue weighted by molar-refractivity contribution is 7.19. The number of carbonyl (C=O) groups is 1. The van der Waals surface area contributed by atoms with E-state index in [-0.39, 0.29) is 18.4 Å². The van der Waals surface area contributed by atoms with Gasteiger partial charge in [0, 0.05) is 15.5 Å². The zero-order valence-corrected chi connectivity index (χ0v) is 13.5. The van der Waals surface area contributed by atoms with Gasteiger partial charge in [0.05, 0.1) is 6.54 Å². The Morgan fingerprint density at radius 1 is 1.41 bits per heavy atom. The molecule has 1 aromatic heterocycles. The maximum Gasteiger partial charge on any atom is 0.223 e. The van der Waals surface area contributed by atoms with E-state index in [1.165, 1.54) is 0 Å². The van der Waals surface area contributed by atoms with Crippen LogP contribution in [0.2, 0.25) is 0 Å². The van der Waals surface area contributed by atoms with Crippen LogP contribution in [0.15, 0.2) is 42.5 Å². The highest BCUT2D eigenvalue weighted by Gasteiger charge is 2.27. The number of hydrogen-bond donors (Lipinski definition) is 2. The van der Waals surface area contributed by atoms with Crippen molar-refractivity contribution in [2.75, 3.05) is 6.54 Å². The fourth-order valence-electron chi connectivity index (χ4n) is 2.77. The molecule has 0 bridgehead atoms.